The molecule has 0 spiro atoms. The lowest BCUT2D eigenvalue weighted by Gasteiger charge is -2.44. The largest absolute Gasteiger partial charge is 0.573 e. The van der Waals surface area contributed by atoms with Crippen LogP contribution in [0.5, 0.6) is 5.75 Å². The van der Waals surface area contributed by atoms with Gasteiger partial charge in [-0.1, -0.05) is 30.6 Å². The van der Waals surface area contributed by atoms with Crippen LogP contribution in [0.15, 0.2) is 18.2 Å². The highest BCUT2D eigenvalue weighted by Crippen LogP contribution is 2.40. The van der Waals surface area contributed by atoms with Crippen LogP contribution >= 0.6 is 11.3 Å². The average Bonchev–Trinajstić information content (AvgIpc) is 3.11. The van der Waals surface area contributed by atoms with Gasteiger partial charge in [0.1, 0.15) is 11.3 Å². The van der Waals surface area contributed by atoms with Crippen LogP contribution in [0.4, 0.5) is 18.3 Å². The van der Waals surface area contributed by atoms with Crippen molar-refractivity contribution in [1.82, 2.24) is 10.3 Å². The smallest absolute Gasteiger partial charge is 0.406 e. The number of anilines is 1. The molecular weight excluding hydrogens is 445 g/mol. The molecule has 2 aliphatic carbocycles. The number of hydrogen-bond donors (Lipinski definition) is 3. The highest BCUT2D eigenvalue weighted by molar-refractivity contribution is 7.22. The van der Waals surface area contributed by atoms with Gasteiger partial charge in [-0.15, -0.1) is 13.2 Å². The third-order valence-electron chi connectivity index (χ3n) is 6.49. The molecule has 32 heavy (non-hydrogen) atoms. The lowest BCUT2D eigenvalue weighted by molar-refractivity contribution is -0.274. The lowest BCUT2D eigenvalue weighted by Crippen LogP contribution is -2.64. The van der Waals surface area contributed by atoms with E-state index >= 15 is 0 Å². The molecule has 174 valence electrons. The van der Waals surface area contributed by atoms with Crippen molar-refractivity contribution in [3.8, 4) is 5.75 Å². The van der Waals surface area contributed by atoms with Crippen LogP contribution in [-0.4, -0.2) is 35.2 Å². The minimum absolute atomic E-state index is 0.173. The normalized spacial score (nSPS) is 19.8. The molecular formula is C21H25F3N4O3S. The molecule has 1 aromatic carbocycles. The highest BCUT2D eigenvalue weighted by atomic mass is 32.1. The molecule has 0 unspecified atom stereocenters. The molecule has 11 heteroatoms. The van der Waals surface area contributed by atoms with Crippen molar-refractivity contribution < 1.29 is 27.5 Å². The zero-order chi connectivity index (χ0) is 23.0. The summed E-state index contributed by atoms with van der Waals surface area (Å²) in [5.74, 6) is -0.896. The van der Waals surface area contributed by atoms with E-state index in [2.05, 4.69) is 20.4 Å². The molecule has 0 atom stereocenters. The molecule has 0 aliphatic heterocycles. The van der Waals surface area contributed by atoms with Gasteiger partial charge in [-0.25, -0.2) is 4.98 Å². The average molecular weight is 471 g/mol. The van der Waals surface area contributed by atoms with Crippen LogP contribution in [0.25, 0.3) is 10.2 Å². The van der Waals surface area contributed by atoms with Gasteiger partial charge in [0.25, 0.3) is 5.91 Å². The Balaban J connectivity index is 1.48. The van der Waals surface area contributed by atoms with Gasteiger partial charge in [0, 0.05) is 12.6 Å². The van der Waals surface area contributed by atoms with Crippen LogP contribution in [0.2, 0.25) is 0 Å². The zero-order valence-electron chi connectivity index (χ0n) is 17.4. The number of nitrogens with one attached hydrogen (secondary N) is 2. The first-order chi connectivity index (χ1) is 15.1. The number of nitrogens with zero attached hydrogens (tertiary/aromatic N) is 1. The van der Waals surface area contributed by atoms with Crippen LogP contribution in [0, 0.1) is 5.41 Å². The number of halogens is 3. The molecule has 4 rings (SSSR count). The van der Waals surface area contributed by atoms with Gasteiger partial charge in [-0.3, -0.25) is 14.9 Å². The quantitative estimate of drug-likeness (QED) is 0.590. The molecule has 2 aromatic rings. The zero-order valence-corrected chi connectivity index (χ0v) is 18.2. The summed E-state index contributed by atoms with van der Waals surface area (Å²) in [6, 6.07) is 3.80. The highest BCUT2D eigenvalue weighted by Gasteiger charge is 2.49. The van der Waals surface area contributed by atoms with Gasteiger partial charge in [0.05, 0.1) is 15.6 Å². The van der Waals surface area contributed by atoms with Crippen LogP contribution in [-0.2, 0) is 9.59 Å². The number of carbonyl (C=O) groups is 2. The maximum atomic E-state index is 13.1. The van der Waals surface area contributed by atoms with Gasteiger partial charge in [0.2, 0.25) is 5.91 Å². The van der Waals surface area contributed by atoms with E-state index < -0.39 is 17.3 Å². The van der Waals surface area contributed by atoms with Crippen molar-refractivity contribution in [2.75, 3.05) is 11.9 Å². The Kier molecular flexibility index (Phi) is 6.06. The van der Waals surface area contributed by atoms with Crippen LogP contribution in [0.1, 0.15) is 51.4 Å². The third-order valence-corrected chi connectivity index (χ3v) is 7.43. The van der Waals surface area contributed by atoms with Crippen LogP contribution in [0.3, 0.4) is 0 Å². The molecule has 0 radical (unpaired) electrons. The van der Waals surface area contributed by atoms with Crippen molar-refractivity contribution in [3.63, 3.8) is 0 Å². The van der Waals surface area contributed by atoms with E-state index in [4.69, 9.17) is 5.73 Å². The van der Waals surface area contributed by atoms with Crippen molar-refractivity contribution in [2.24, 2.45) is 11.1 Å². The van der Waals surface area contributed by atoms with E-state index in [9.17, 15) is 22.8 Å². The first kappa shape index (κ1) is 22.8. The minimum atomic E-state index is -4.79. The van der Waals surface area contributed by atoms with Crippen molar-refractivity contribution in [1.29, 1.82) is 0 Å². The van der Waals surface area contributed by atoms with Gasteiger partial charge in [0.15, 0.2) is 5.13 Å². The summed E-state index contributed by atoms with van der Waals surface area (Å²) in [5.41, 5.74) is 4.75. The number of aromatic nitrogens is 1. The number of fused-ring (bicyclic) bond motifs is 1. The third kappa shape index (κ3) is 4.54. The molecule has 2 saturated carbocycles. The number of carbonyl (C=O) groups excluding carboxylic acids is 2. The Hall–Kier alpha value is -2.40. The molecule has 1 heterocycles. The first-order valence-corrected chi connectivity index (χ1v) is 11.5. The topological polar surface area (TPSA) is 106 Å². The predicted octanol–water partition coefficient (Wildman–Crippen LogP) is 4.08. The summed E-state index contributed by atoms with van der Waals surface area (Å²) >= 11 is 1.04. The van der Waals surface area contributed by atoms with E-state index in [0.29, 0.717) is 35.9 Å². The number of ether oxygens (including phenoxy) is 1. The molecule has 2 aliphatic rings. The summed E-state index contributed by atoms with van der Waals surface area (Å²) in [5, 5.41) is 5.97. The number of hydrogen-bond acceptors (Lipinski definition) is 6. The monoisotopic (exact) mass is 470 g/mol. The van der Waals surface area contributed by atoms with Crippen LogP contribution < -0.4 is 21.1 Å². The second kappa shape index (κ2) is 8.51. The SMILES string of the molecule is NCC1(C(=O)NC2(C(=O)Nc3nc4ccc(OC(F)(F)F)cc4s3)CCC2)CCCCC1. The van der Waals surface area contributed by atoms with Crippen molar-refractivity contribution in [2.45, 2.75) is 63.3 Å². The standard InChI is InChI=1S/C21H25F3N4O3S/c22-21(23,24)31-13-5-6-14-15(11-13)32-18(26-14)27-17(30)20(9-4-10-20)28-16(29)19(12-25)7-2-1-3-8-19/h5-6,11H,1-4,7-10,12,25H2,(H,28,29)(H,26,27,30). The maximum Gasteiger partial charge on any atom is 0.573 e. The van der Waals surface area contributed by atoms with Crippen molar-refractivity contribution in [3.05, 3.63) is 18.2 Å². The predicted molar refractivity (Wildman–Crippen MR) is 114 cm³/mol. The number of benzene rings is 1. The van der Waals surface area contributed by atoms with E-state index in [0.717, 1.165) is 37.0 Å². The molecule has 4 N–H and O–H groups in total. The van der Waals surface area contributed by atoms with E-state index in [-0.39, 0.29) is 29.2 Å². The Labute approximate surface area is 186 Å². The summed E-state index contributed by atoms with van der Waals surface area (Å²) in [4.78, 5) is 30.5. The fourth-order valence-corrected chi connectivity index (χ4v) is 5.30. The lowest BCUT2D eigenvalue weighted by atomic mass is 9.70. The van der Waals surface area contributed by atoms with Crippen molar-refractivity contribution >= 4 is 38.5 Å². The number of amides is 2. The molecule has 7 nitrogen and oxygen atoms in total. The van der Waals surface area contributed by atoms with Gasteiger partial charge in [-0.05, 0) is 44.2 Å². The minimum Gasteiger partial charge on any atom is -0.406 e. The second-order valence-corrected chi connectivity index (χ2v) is 9.62. The second-order valence-electron chi connectivity index (χ2n) is 8.59. The number of alkyl halides is 3. The molecule has 2 amide bonds. The van der Waals surface area contributed by atoms with Gasteiger partial charge >= 0.3 is 6.36 Å². The summed E-state index contributed by atoms with van der Waals surface area (Å²) in [6.45, 7) is 0.247. The van der Waals surface area contributed by atoms with Gasteiger partial charge in [-0.2, -0.15) is 0 Å². The van der Waals surface area contributed by atoms with Gasteiger partial charge < -0.3 is 15.8 Å². The summed E-state index contributed by atoms with van der Waals surface area (Å²) in [7, 11) is 0. The molecule has 0 saturated heterocycles. The number of thiazole rings is 1. The first-order valence-electron chi connectivity index (χ1n) is 10.7. The molecule has 1 aromatic heterocycles. The summed E-state index contributed by atoms with van der Waals surface area (Å²) in [6.07, 6.45) is 1.43. The molecule has 0 bridgehead atoms. The van der Waals surface area contributed by atoms with E-state index in [1.807, 2.05) is 0 Å². The Morgan fingerprint density at radius 3 is 2.41 bits per heavy atom. The number of nitrogens with two attached hydrogens (primary N) is 1. The van der Waals surface area contributed by atoms with E-state index in [1.165, 1.54) is 18.2 Å². The maximum absolute atomic E-state index is 13.1. The molecule has 2 fully saturated rings. The van der Waals surface area contributed by atoms with E-state index in [1.54, 1.807) is 0 Å². The summed E-state index contributed by atoms with van der Waals surface area (Å²) < 4.78 is 41.7. The Morgan fingerprint density at radius 1 is 1.09 bits per heavy atom. The fourth-order valence-electron chi connectivity index (χ4n) is 4.41. The number of rotatable bonds is 6. The Bertz CT molecular complexity index is 1010. The fraction of sp³-hybridized carbons (Fsp3) is 0.571. The Morgan fingerprint density at radius 2 is 1.81 bits per heavy atom.